The third kappa shape index (κ3) is 2.14. The summed E-state index contributed by atoms with van der Waals surface area (Å²) < 4.78 is 5.03. The summed E-state index contributed by atoms with van der Waals surface area (Å²) in [6.07, 6.45) is 5.68. The van der Waals surface area contributed by atoms with Crippen LogP contribution in [0.2, 0.25) is 0 Å². The second kappa shape index (κ2) is 4.48. The third-order valence-electron chi connectivity index (χ3n) is 1.99. The minimum Gasteiger partial charge on any atom is -0.497 e. The fraction of sp³-hybridized carbons (Fsp3) is 0.250. The number of benzene rings is 1. The Hall–Kier alpha value is -1.75. The molecule has 1 aromatic rings. The van der Waals surface area contributed by atoms with Crippen LogP contribution in [0.15, 0.2) is 18.2 Å². The zero-order chi connectivity index (χ0) is 10.6. The molecule has 0 aromatic heterocycles. The molecule has 0 saturated carbocycles. The number of methoxy groups -OCH3 is 1. The molecule has 0 N–H and O–H groups in total. The highest BCUT2D eigenvalue weighted by Gasteiger charge is 2.07. The van der Waals surface area contributed by atoms with Gasteiger partial charge in [0.1, 0.15) is 5.75 Å². The van der Waals surface area contributed by atoms with E-state index in [2.05, 4.69) is 5.92 Å². The Morgan fingerprint density at radius 2 is 2.29 bits per heavy atom. The molecule has 0 bridgehead atoms. The van der Waals surface area contributed by atoms with Gasteiger partial charge in [0.2, 0.25) is 0 Å². The van der Waals surface area contributed by atoms with Crippen LogP contribution in [-0.2, 0) is 6.42 Å². The van der Waals surface area contributed by atoms with E-state index >= 15 is 0 Å². The molecule has 2 heteroatoms. The van der Waals surface area contributed by atoms with Crippen LogP contribution in [0.3, 0.4) is 0 Å². The topological polar surface area (TPSA) is 26.3 Å². The first kappa shape index (κ1) is 10.3. The SMILES string of the molecule is C#CCc1ccc(OC)cc1C(C)=O. The number of hydrogen-bond donors (Lipinski definition) is 0. The Morgan fingerprint density at radius 3 is 2.79 bits per heavy atom. The van der Waals surface area contributed by atoms with Gasteiger partial charge in [-0.2, -0.15) is 0 Å². The second-order valence-corrected chi connectivity index (χ2v) is 2.96. The molecule has 1 aromatic carbocycles. The molecule has 0 unspecified atom stereocenters. The van der Waals surface area contributed by atoms with Crippen LogP contribution >= 0.6 is 0 Å². The average Bonchev–Trinajstić information content (AvgIpc) is 2.18. The molecular weight excluding hydrogens is 176 g/mol. The largest absolute Gasteiger partial charge is 0.497 e. The molecule has 0 atom stereocenters. The van der Waals surface area contributed by atoms with E-state index in [0.29, 0.717) is 17.7 Å². The van der Waals surface area contributed by atoms with E-state index in [-0.39, 0.29) is 5.78 Å². The minimum absolute atomic E-state index is 0.00847. The van der Waals surface area contributed by atoms with Crippen LogP contribution in [0, 0.1) is 12.3 Å². The van der Waals surface area contributed by atoms with Crippen molar-refractivity contribution in [1.82, 2.24) is 0 Å². The van der Waals surface area contributed by atoms with Crippen molar-refractivity contribution in [1.29, 1.82) is 0 Å². The Labute approximate surface area is 83.9 Å². The lowest BCUT2D eigenvalue weighted by Crippen LogP contribution is -1.99. The second-order valence-electron chi connectivity index (χ2n) is 2.96. The minimum atomic E-state index is 0.00847. The van der Waals surface area contributed by atoms with E-state index in [1.807, 2.05) is 6.07 Å². The molecule has 0 heterocycles. The summed E-state index contributed by atoms with van der Waals surface area (Å²) >= 11 is 0. The van der Waals surface area contributed by atoms with Crippen molar-refractivity contribution in [3.8, 4) is 18.1 Å². The van der Waals surface area contributed by atoms with E-state index in [1.54, 1.807) is 19.2 Å². The van der Waals surface area contributed by atoms with Gasteiger partial charge in [-0.05, 0) is 24.6 Å². The summed E-state index contributed by atoms with van der Waals surface area (Å²) in [6, 6.07) is 5.35. The van der Waals surface area contributed by atoms with E-state index < -0.39 is 0 Å². The van der Waals surface area contributed by atoms with Crippen LogP contribution < -0.4 is 4.74 Å². The van der Waals surface area contributed by atoms with Gasteiger partial charge in [0.25, 0.3) is 0 Å². The summed E-state index contributed by atoms with van der Waals surface area (Å²) in [4.78, 5) is 11.3. The summed E-state index contributed by atoms with van der Waals surface area (Å²) in [5.74, 6) is 3.21. The molecule has 1 rings (SSSR count). The highest BCUT2D eigenvalue weighted by molar-refractivity contribution is 5.96. The molecule has 14 heavy (non-hydrogen) atoms. The van der Waals surface area contributed by atoms with Crippen molar-refractivity contribution in [2.45, 2.75) is 13.3 Å². The molecule has 72 valence electrons. The van der Waals surface area contributed by atoms with Gasteiger partial charge in [0.05, 0.1) is 7.11 Å². The lowest BCUT2D eigenvalue weighted by atomic mass is 10.0. The fourth-order valence-corrected chi connectivity index (χ4v) is 1.27. The molecule has 0 amide bonds. The maximum Gasteiger partial charge on any atom is 0.160 e. The molecule has 0 fully saturated rings. The Bertz CT molecular complexity index is 386. The van der Waals surface area contributed by atoms with E-state index in [4.69, 9.17) is 11.2 Å². The van der Waals surface area contributed by atoms with Gasteiger partial charge in [0.15, 0.2) is 5.78 Å². The van der Waals surface area contributed by atoms with Crippen molar-refractivity contribution in [2.24, 2.45) is 0 Å². The van der Waals surface area contributed by atoms with Crippen LogP contribution in [0.4, 0.5) is 0 Å². The van der Waals surface area contributed by atoms with Gasteiger partial charge < -0.3 is 4.74 Å². The Morgan fingerprint density at radius 1 is 1.57 bits per heavy atom. The van der Waals surface area contributed by atoms with Crippen LogP contribution in [0.5, 0.6) is 5.75 Å². The van der Waals surface area contributed by atoms with Gasteiger partial charge in [-0.15, -0.1) is 12.3 Å². The first-order valence-electron chi connectivity index (χ1n) is 4.30. The average molecular weight is 188 g/mol. The number of ketones is 1. The van der Waals surface area contributed by atoms with Gasteiger partial charge >= 0.3 is 0 Å². The van der Waals surface area contributed by atoms with Crippen molar-refractivity contribution in [2.75, 3.05) is 7.11 Å². The van der Waals surface area contributed by atoms with Gasteiger partial charge in [0, 0.05) is 12.0 Å². The summed E-state index contributed by atoms with van der Waals surface area (Å²) in [7, 11) is 1.57. The standard InChI is InChI=1S/C12H12O2/c1-4-5-10-6-7-11(14-3)8-12(10)9(2)13/h1,6-8H,5H2,2-3H3. The number of carbonyl (C=O) groups is 1. The monoisotopic (exact) mass is 188 g/mol. The maximum absolute atomic E-state index is 11.3. The van der Waals surface area contributed by atoms with E-state index in [1.165, 1.54) is 6.92 Å². The zero-order valence-electron chi connectivity index (χ0n) is 8.33. The molecule has 0 aliphatic heterocycles. The number of hydrogen-bond acceptors (Lipinski definition) is 2. The van der Waals surface area contributed by atoms with Crippen LogP contribution in [0.25, 0.3) is 0 Å². The highest BCUT2D eigenvalue weighted by atomic mass is 16.5. The predicted molar refractivity (Wildman–Crippen MR) is 55.5 cm³/mol. The third-order valence-corrected chi connectivity index (χ3v) is 1.99. The molecule has 0 saturated heterocycles. The first-order chi connectivity index (χ1) is 6.69. The van der Waals surface area contributed by atoms with E-state index in [9.17, 15) is 4.79 Å². The number of ether oxygens (including phenoxy) is 1. The Balaban J connectivity index is 3.18. The summed E-state index contributed by atoms with van der Waals surface area (Å²) in [6.45, 7) is 1.52. The first-order valence-corrected chi connectivity index (χ1v) is 4.30. The smallest absolute Gasteiger partial charge is 0.160 e. The highest BCUT2D eigenvalue weighted by Crippen LogP contribution is 2.18. The molecule has 0 aliphatic rings. The number of terminal acetylenes is 1. The van der Waals surface area contributed by atoms with Gasteiger partial charge in [-0.25, -0.2) is 0 Å². The quantitative estimate of drug-likeness (QED) is 0.536. The predicted octanol–water partition coefficient (Wildman–Crippen LogP) is 2.07. The molecule has 0 radical (unpaired) electrons. The normalized spacial score (nSPS) is 9.21. The van der Waals surface area contributed by atoms with Crippen molar-refractivity contribution >= 4 is 5.78 Å². The van der Waals surface area contributed by atoms with Gasteiger partial charge in [-0.1, -0.05) is 6.07 Å². The zero-order valence-corrected chi connectivity index (χ0v) is 8.33. The Kier molecular flexibility index (Phi) is 3.30. The summed E-state index contributed by atoms with van der Waals surface area (Å²) in [5, 5.41) is 0. The molecule has 2 nitrogen and oxygen atoms in total. The number of rotatable bonds is 3. The van der Waals surface area contributed by atoms with Crippen molar-refractivity contribution in [3.63, 3.8) is 0 Å². The lowest BCUT2D eigenvalue weighted by Gasteiger charge is -2.06. The van der Waals surface area contributed by atoms with E-state index in [0.717, 1.165) is 5.56 Å². The molecular formula is C12H12O2. The van der Waals surface area contributed by atoms with Crippen LogP contribution in [-0.4, -0.2) is 12.9 Å². The fourth-order valence-electron chi connectivity index (χ4n) is 1.27. The van der Waals surface area contributed by atoms with Gasteiger partial charge in [-0.3, -0.25) is 4.79 Å². The number of carbonyl (C=O) groups excluding carboxylic acids is 1. The molecule has 0 aliphatic carbocycles. The number of Topliss-reactive ketones (excluding diaryl/α,β-unsaturated/α-hetero) is 1. The molecule has 0 spiro atoms. The van der Waals surface area contributed by atoms with Crippen molar-refractivity contribution in [3.05, 3.63) is 29.3 Å². The van der Waals surface area contributed by atoms with Crippen LogP contribution in [0.1, 0.15) is 22.8 Å². The lowest BCUT2D eigenvalue weighted by molar-refractivity contribution is 0.101. The van der Waals surface area contributed by atoms with Crippen molar-refractivity contribution < 1.29 is 9.53 Å². The summed E-state index contributed by atoms with van der Waals surface area (Å²) in [5.41, 5.74) is 1.52. The maximum atomic E-state index is 11.3.